The second-order valence-corrected chi connectivity index (χ2v) is 7.22. The van der Waals surface area contributed by atoms with Crippen LogP contribution >= 0.6 is 0 Å². The summed E-state index contributed by atoms with van der Waals surface area (Å²) in [6.07, 6.45) is -0.593. The summed E-state index contributed by atoms with van der Waals surface area (Å²) in [5.74, 6) is -0.00805. The number of halogens is 3. The molecule has 0 spiro atoms. The van der Waals surface area contributed by atoms with Crippen LogP contribution in [0.4, 0.5) is 18.9 Å². The second kappa shape index (κ2) is 8.22. The number of para-hydroxylation sites is 1. The minimum absolute atomic E-state index is 0.00805. The number of carbonyl (C=O) groups excluding carboxylic acids is 1. The molecule has 1 fully saturated rings. The third-order valence-corrected chi connectivity index (χ3v) is 5.18. The molecule has 0 saturated carbocycles. The summed E-state index contributed by atoms with van der Waals surface area (Å²) in [4.78, 5) is 16.3. The van der Waals surface area contributed by atoms with Gasteiger partial charge in [0, 0.05) is 38.1 Å². The number of alkyl halides is 3. The van der Waals surface area contributed by atoms with Crippen molar-refractivity contribution >= 4 is 11.6 Å². The Hall–Kier alpha value is -3.29. The Morgan fingerprint density at radius 2 is 1.63 bits per heavy atom. The van der Waals surface area contributed by atoms with E-state index in [0.717, 1.165) is 23.4 Å². The molecule has 0 atom stereocenters. The molecule has 0 aliphatic carbocycles. The van der Waals surface area contributed by atoms with E-state index in [1.54, 1.807) is 21.8 Å². The molecule has 0 radical (unpaired) electrons. The Labute approximate surface area is 172 Å². The molecule has 4 rings (SSSR count). The molecule has 1 amide bonds. The maximum Gasteiger partial charge on any atom is 0.416 e. The lowest BCUT2D eigenvalue weighted by Gasteiger charge is -2.36. The minimum atomic E-state index is -4.36. The van der Waals surface area contributed by atoms with E-state index in [4.69, 9.17) is 0 Å². The highest BCUT2D eigenvalue weighted by Crippen LogP contribution is 2.31. The topological polar surface area (TPSA) is 41.4 Å². The van der Waals surface area contributed by atoms with Crippen molar-refractivity contribution in [3.8, 4) is 5.69 Å². The van der Waals surface area contributed by atoms with Crippen LogP contribution in [0, 0.1) is 0 Å². The number of carbonyl (C=O) groups is 1. The van der Waals surface area contributed by atoms with Gasteiger partial charge in [0.15, 0.2) is 0 Å². The number of benzene rings is 2. The fourth-order valence-corrected chi connectivity index (χ4v) is 3.55. The van der Waals surface area contributed by atoms with Gasteiger partial charge in [-0.3, -0.25) is 4.79 Å². The van der Waals surface area contributed by atoms with Crippen molar-refractivity contribution in [3.63, 3.8) is 0 Å². The number of nitrogens with zero attached hydrogens (tertiary/aromatic N) is 4. The molecule has 30 heavy (non-hydrogen) atoms. The Morgan fingerprint density at radius 3 is 2.33 bits per heavy atom. The molecule has 0 unspecified atom stereocenters. The van der Waals surface area contributed by atoms with Crippen LogP contribution in [0.3, 0.4) is 0 Å². The van der Waals surface area contributed by atoms with Crippen LogP contribution in [0.25, 0.3) is 5.69 Å². The molecule has 0 bridgehead atoms. The van der Waals surface area contributed by atoms with Gasteiger partial charge in [0.05, 0.1) is 23.9 Å². The largest absolute Gasteiger partial charge is 0.416 e. The molecule has 1 aliphatic rings. The lowest BCUT2D eigenvalue weighted by atomic mass is 10.1. The fraction of sp³-hybridized carbons (Fsp3) is 0.273. The van der Waals surface area contributed by atoms with Gasteiger partial charge in [-0.2, -0.15) is 18.3 Å². The quantitative estimate of drug-likeness (QED) is 0.653. The first-order valence-electron chi connectivity index (χ1n) is 9.69. The van der Waals surface area contributed by atoms with Crippen LogP contribution in [0.15, 0.2) is 67.0 Å². The predicted octanol–water partition coefficient (Wildman–Crippen LogP) is 3.78. The highest BCUT2D eigenvalue weighted by Gasteiger charge is 2.31. The lowest BCUT2D eigenvalue weighted by molar-refractivity contribution is -0.137. The molecule has 1 aromatic heterocycles. The first kappa shape index (κ1) is 20.0. The molecule has 5 nitrogen and oxygen atoms in total. The summed E-state index contributed by atoms with van der Waals surface area (Å²) in [5, 5.41) is 4.31. The van der Waals surface area contributed by atoms with E-state index in [2.05, 4.69) is 5.10 Å². The van der Waals surface area contributed by atoms with Gasteiger partial charge in [-0.25, -0.2) is 4.68 Å². The van der Waals surface area contributed by atoms with Crippen LogP contribution in [-0.4, -0.2) is 46.8 Å². The van der Waals surface area contributed by atoms with Crippen LogP contribution < -0.4 is 4.90 Å². The maximum atomic E-state index is 12.9. The molecule has 2 heterocycles. The van der Waals surface area contributed by atoms with E-state index in [1.165, 1.54) is 6.07 Å². The van der Waals surface area contributed by atoms with Gasteiger partial charge in [-0.15, -0.1) is 0 Å². The van der Waals surface area contributed by atoms with Crippen molar-refractivity contribution in [1.82, 2.24) is 14.7 Å². The van der Waals surface area contributed by atoms with Crippen LogP contribution in [-0.2, 0) is 17.4 Å². The van der Waals surface area contributed by atoms with Gasteiger partial charge in [0.1, 0.15) is 0 Å². The third-order valence-electron chi connectivity index (χ3n) is 5.18. The SMILES string of the molecule is O=C(Cc1cnn(-c2ccccc2)c1)N1CCN(c2cccc(C(F)(F)F)c2)CC1. The fourth-order valence-electron chi connectivity index (χ4n) is 3.55. The Morgan fingerprint density at radius 1 is 0.933 bits per heavy atom. The van der Waals surface area contributed by atoms with Crippen molar-refractivity contribution < 1.29 is 18.0 Å². The van der Waals surface area contributed by atoms with E-state index < -0.39 is 11.7 Å². The second-order valence-electron chi connectivity index (χ2n) is 7.22. The number of amides is 1. The van der Waals surface area contributed by atoms with Gasteiger partial charge < -0.3 is 9.80 Å². The normalized spacial score (nSPS) is 14.8. The van der Waals surface area contributed by atoms with Gasteiger partial charge in [-0.05, 0) is 35.9 Å². The number of aromatic nitrogens is 2. The van der Waals surface area contributed by atoms with Crippen LogP contribution in [0.5, 0.6) is 0 Å². The zero-order valence-electron chi connectivity index (χ0n) is 16.2. The molecule has 156 valence electrons. The van der Waals surface area contributed by atoms with E-state index in [-0.39, 0.29) is 12.3 Å². The summed E-state index contributed by atoms with van der Waals surface area (Å²) in [6, 6.07) is 15.0. The lowest BCUT2D eigenvalue weighted by Crippen LogP contribution is -2.49. The average Bonchev–Trinajstić information content (AvgIpc) is 3.22. The third kappa shape index (κ3) is 4.48. The minimum Gasteiger partial charge on any atom is -0.368 e. The molecule has 2 aromatic carbocycles. The predicted molar refractivity (Wildman–Crippen MR) is 108 cm³/mol. The Bertz CT molecular complexity index is 1010. The zero-order valence-corrected chi connectivity index (χ0v) is 16.2. The summed E-state index contributed by atoms with van der Waals surface area (Å²) >= 11 is 0. The summed E-state index contributed by atoms with van der Waals surface area (Å²) in [7, 11) is 0. The zero-order chi connectivity index (χ0) is 21.1. The van der Waals surface area contributed by atoms with Crippen LogP contribution in [0.2, 0.25) is 0 Å². The Kier molecular flexibility index (Phi) is 5.48. The maximum absolute atomic E-state index is 12.9. The first-order chi connectivity index (χ1) is 14.4. The van der Waals surface area contributed by atoms with Gasteiger partial charge in [-0.1, -0.05) is 24.3 Å². The number of hydrogen-bond acceptors (Lipinski definition) is 3. The Balaban J connectivity index is 1.34. The number of piperazine rings is 1. The monoisotopic (exact) mass is 414 g/mol. The number of anilines is 1. The number of rotatable bonds is 4. The van der Waals surface area contributed by atoms with Gasteiger partial charge >= 0.3 is 6.18 Å². The molecular weight excluding hydrogens is 393 g/mol. The van der Waals surface area contributed by atoms with Crippen molar-refractivity contribution in [1.29, 1.82) is 0 Å². The van der Waals surface area contributed by atoms with E-state index in [1.807, 2.05) is 41.4 Å². The van der Waals surface area contributed by atoms with Crippen molar-refractivity contribution in [2.75, 3.05) is 31.1 Å². The smallest absolute Gasteiger partial charge is 0.368 e. The summed E-state index contributed by atoms with van der Waals surface area (Å²) in [5.41, 5.74) is 1.62. The van der Waals surface area contributed by atoms with Gasteiger partial charge in [0.2, 0.25) is 5.91 Å². The molecular formula is C22H21F3N4O. The summed E-state index contributed by atoms with van der Waals surface area (Å²) in [6.45, 7) is 1.94. The number of hydrogen-bond donors (Lipinski definition) is 0. The van der Waals surface area contributed by atoms with Crippen molar-refractivity contribution in [2.24, 2.45) is 0 Å². The standard InChI is InChI=1S/C22H21F3N4O/c23-22(24,25)18-5-4-8-20(14-18)27-9-11-28(12-10-27)21(30)13-17-15-26-29(16-17)19-6-2-1-3-7-19/h1-8,14-16H,9-13H2. The average molecular weight is 414 g/mol. The molecule has 1 aliphatic heterocycles. The van der Waals surface area contributed by atoms with E-state index >= 15 is 0 Å². The van der Waals surface area contributed by atoms with Gasteiger partial charge in [0.25, 0.3) is 0 Å². The van der Waals surface area contributed by atoms with Crippen molar-refractivity contribution in [2.45, 2.75) is 12.6 Å². The van der Waals surface area contributed by atoms with E-state index in [9.17, 15) is 18.0 Å². The molecule has 0 N–H and O–H groups in total. The highest BCUT2D eigenvalue weighted by molar-refractivity contribution is 5.79. The molecule has 1 saturated heterocycles. The molecule has 3 aromatic rings. The van der Waals surface area contributed by atoms with Crippen molar-refractivity contribution in [3.05, 3.63) is 78.1 Å². The summed E-state index contributed by atoms with van der Waals surface area (Å²) < 4.78 is 40.6. The van der Waals surface area contributed by atoms with E-state index in [0.29, 0.717) is 31.9 Å². The first-order valence-corrected chi connectivity index (χ1v) is 9.69. The highest BCUT2D eigenvalue weighted by atomic mass is 19.4. The molecule has 8 heteroatoms. The van der Waals surface area contributed by atoms with Crippen LogP contribution in [0.1, 0.15) is 11.1 Å².